The third-order valence-electron chi connectivity index (χ3n) is 1.69. The second-order valence-electron chi connectivity index (χ2n) is 5.77. The highest BCUT2D eigenvalue weighted by Gasteiger charge is 2.16. The molecule has 16 heavy (non-hydrogen) atoms. The average molecular weight is 283 g/mol. The summed E-state index contributed by atoms with van der Waals surface area (Å²) in [5.41, 5.74) is 0. The molecule has 0 atom stereocenters. The van der Waals surface area contributed by atoms with Crippen LogP contribution in [-0.2, 0) is 19.7 Å². The summed E-state index contributed by atoms with van der Waals surface area (Å²) in [7, 11) is -3.68. The van der Waals surface area contributed by atoms with E-state index in [9.17, 15) is 4.21 Å². The summed E-state index contributed by atoms with van der Waals surface area (Å²) in [4.78, 5) is 0. The minimum atomic E-state index is -1.44. The van der Waals surface area contributed by atoms with Gasteiger partial charge in [0.1, 0.15) is 0 Å². The summed E-state index contributed by atoms with van der Waals surface area (Å²) >= 11 is 0. The maximum atomic E-state index is 11.6. The fourth-order valence-electron chi connectivity index (χ4n) is 0.984. The van der Waals surface area contributed by atoms with Gasteiger partial charge in [-0.1, -0.05) is 0 Å². The van der Waals surface area contributed by atoms with Crippen LogP contribution in [0.4, 0.5) is 0 Å². The van der Waals surface area contributed by atoms with Crippen LogP contribution in [0.2, 0.25) is 39.3 Å². The highest BCUT2D eigenvalue weighted by Crippen LogP contribution is 2.03. The van der Waals surface area contributed by atoms with Gasteiger partial charge >= 0.3 is 0 Å². The predicted octanol–water partition coefficient (Wildman–Crippen LogP) is 2.44. The minimum Gasteiger partial charge on any atom is -0.417 e. The van der Waals surface area contributed by atoms with Gasteiger partial charge in [0.2, 0.25) is 0 Å². The van der Waals surface area contributed by atoms with Gasteiger partial charge in [-0.15, -0.1) is 0 Å². The molecule has 0 radical (unpaired) electrons. The Balaban J connectivity index is 3.53. The molecule has 98 valence electrons. The molecule has 6 heteroatoms. The molecule has 0 bridgehead atoms. The molecule has 0 saturated carbocycles. The van der Waals surface area contributed by atoms with E-state index < -0.39 is 27.4 Å². The van der Waals surface area contributed by atoms with Crippen LogP contribution in [0.15, 0.2) is 0 Å². The van der Waals surface area contributed by atoms with Gasteiger partial charge in [0.05, 0.1) is 0 Å². The van der Waals surface area contributed by atoms with Gasteiger partial charge in [-0.2, -0.15) is 0 Å². The third kappa shape index (κ3) is 12.6. The van der Waals surface area contributed by atoms with Crippen molar-refractivity contribution < 1.29 is 13.1 Å². The monoisotopic (exact) mass is 282 g/mol. The normalized spacial score (nSPS) is 13.4. The van der Waals surface area contributed by atoms with Gasteiger partial charge < -0.3 is 8.85 Å². The van der Waals surface area contributed by atoms with Crippen LogP contribution < -0.4 is 0 Å². The van der Waals surface area contributed by atoms with Gasteiger partial charge in [0, 0.05) is 35.5 Å². The van der Waals surface area contributed by atoms with Crippen molar-refractivity contribution in [1.29, 1.82) is 0 Å². The molecule has 0 aromatic rings. The van der Waals surface area contributed by atoms with E-state index >= 15 is 0 Å². The fourth-order valence-corrected chi connectivity index (χ4v) is 3.45. The Morgan fingerprint density at radius 2 is 1.12 bits per heavy atom. The maximum absolute atomic E-state index is 11.6. The average Bonchev–Trinajstić information content (AvgIpc) is 1.98. The van der Waals surface area contributed by atoms with Crippen molar-refractivity contribution in [3.05, 3.63) is 0 Å². The van der Waals surface area contributed by atoms with Crippen LogP contribution in [0.1, 0.15) is 0 Å². The van der Waals surface area contributed by atoms with Crippen LogP contribution in [0.25, 0.3) is 0 Å². The molecule has 0 spiro atoms. The van der Waals surface area contributed by atoms with Crippen molar-refractivity contribution in [2.75, 3.05) is 24.7 Å². The van der Waals surface area contributed by atoms with Crippen molar-refractivity contribution in [2.45, 2.75) is 39.3 Å². The lowest BCUT2D eigenvalue weighted by Crippen LogP contribution is -2.29. The molecule has 0 amide bonds. The van der Waals surface area contributed by atoms with E-state index in [0.717, 1.165) is 0 Å². The lowest BCUT2D eigenvalue weighted by atomic mass is 10.9. The lowest BCUT2D eigenvalue weighted by Gasteiger charge is -2.18. The second kappa shape index (κ2) is 7.05. The zero-order valence-electron chi connectivity index (χ0n) is 11.5. The summed E-state index contributed by atoms with van der Waals surface area (Å²) in [5, 5.41) is 0. The van der Waals surface area contributed by atoms with Crippen LogP contribution >= 0.6 is 0 Å². The topological polar surface area (TPSA) is 35.5 Å². The first-order chi connectivity index (χ1) is 7.10. The van der Waals surface area contributed by atoms with E-state index in [0.29, 0.717) is 24.7 Å². The molecular formula is C10H26O3SSi2. The third-order valence-corrected chi connectivity index (χ3v) is 5.08. The Morgan fingerprint density at radius 3 is 1.38 bits per heavy atom. The number of rotatable bonds is 8. The van der Waals surface area contributed by atoms with Crippen molar-refractivity contribution in [3.63, 3.8) is 0 Å². The fraction of sp³-hybridized carbons (Fsp3) is 1.00. The maximum Gasteiger partial charge on any atom is 0.183 e. The smallest absolute Gasteiger partial charge is 0.183 e. The van der Waals surface area contributed by atoms with Gasteiger partial charge in [0.25, 0.3) is 0 Å². The Bertz CT molecular complexity index is 199. The molecule has 0 aliphatic rings. The predicted molar refractivity (Wildman–Crippen MR) is 76.5 cm³/mol. The number of hydrogen-bond donors (Lipinski definition) is 0. The van der Waals surface area contributed by atoms with Crippen molar-refractivity contribution in [2.24, 2.45) is 0 Å². The van der Waals surface area contributed by atoms with Gasteiger partial charge in [0.15, 0.2) is 16.6 Å². The van der Waals surface area contributed by atoms with Crippen LogP contribution in [0.3, 0.4) is 0 Å². The van der Waals surface area contributed by atoms with Crippen LogP contribution in [0, 0.1) is 0 Å². The molecule has 0 saturated heterocycles. The molecule has 0 aromatic carbocycles. The minimum absolute atomic E-state index is 0.620. The molecule has 0 aromatic heterocycles. The second-order valence-corrected chi connectivity index (χ2v) is 16.5. The molecule has 0 N–H and O–H groups in total. The molecule has 0 rings (SSSR count). The summed E-state index contributed by atoms with van der Waals surface area (Å²) in [6.45, 7) is 14.1. The largest absolute Gasteiger partial charge is 0.417 e. The number of hydrogen-bond acceptors (Lipinski definition) is 3. The molecule has 0 aliphatic heterocycles. The van der Waals surface area contributed by atoms with Crippen LogP contribution in [-0.4, -0.2) is 45.6 Å². The first kappa shape index (κ1) is 16.5. The van der Waals surface area contributed by atoms with E-state index in [-0.39, 0.29) is 0 Å². The van der Waals surface area contributed by atoms with Gasteiger partial charge in [-0.3, -0.25) is 4.21 Å². The highest BCUT2D eigenvalue weighted by atomic mass is 32.2. The van der Waals surface area contributed by atoms with Crippen LogP contribution in [0.5, 0.6) is 0 Å². The molecule has 0 heterocycles. The molecule has 3 nitrogen and oxygen atoms in total. The Kier molecular flexibility index (Phi) is 7.27. The van der Waals surface area contributed by atoms with E-state index in [1.807, 2.05) is 0 Å². The molecule has 0 unspecified atom stereocenters. The van der Waals surface area contributed by atoms with Crippen molar-refractivity contribution >= 4 is 27.4 Å². The van der Waals surface area contributed by atoms with Gasteiger partial charge in [-0.25, -0.2) is 0 Å². The highest BCUT2D eigenvalue weighted by molar-refractivity contribution is 7.85. The Hall–Kier alpha value is 0.504. The molecule has 0 fully saturated rings. The van der Waals surface area contributed by atoms with E-state index in [1.54, 1.807) is 0 Å². The first-order valence-electron chi connectivity index (χ1n) is 5.73. The lowest BCUT2D eigenvalue weighted by molar-refractivity contribution is 0.331. The van der Waals surface area contributed by atoms with E-state index in [4.69, 9.17) is 8.85 Å². The zero-order chi connectivity index (χ0) is 12.8. The zero-order valence-corrected chi connectivity index (χ0v) is 14.3. The van der Waals surface area contributed by atoms with Crippen molar-refractivity contribution in [3.8, 4) is 0 Å². The summed E-state index contributed by atoms with van der Waals surface area (Å²) in [6.07, 6.45) is 0. The molecular weight excluding hydrogens is 256 g/mol. The molecule has 0 aliphatic carbocycles. The SMILES string of the molecule is C[Si](C)(C)OCCS(=O)CCO[Si](C)(C)C. The summed E-state index contributed by atoms with van der Waals surface area (Å²) < 4.78 is 22.9. The quantitative estimate of drug-likeness (QED) is 0.642. The Labute approximate surface area is 105 Å². The Morgan fingerprint density at radius 1 is 0.812 bits per heavy atom. The summed E-state index contributed by atoms with van der Waals surface area (Å²) in [5.74, 6) is 1.28. The van der Waals surface area contributed by atoms with Crippen molar-refractivity contribution in [1.82, 2.24) is 0 Å². The first-order valence-corrected chi connectivity index (χ1v) is 14.0. The standard InChI is InChI=1S/C10H26O3SSi2/c1-15(2,3)12-7-9-14(11)10-8-13-16(4,5)6/h7-10H2,1-6H3. The van der Waals surface area contributed by atoms with E-state index in [1.165, 1.54) is 0 Å². The van der Waals surface area contributed by atoms with Gasteiger partial charge in [-0.05, 0) is 39.3 Å². The van der Waals surface area contributed by atoms with E-state index in [2.05, 4.69) is 39.3 Å². The summed E-state index contributed by atoms with van der Waals surface area (Å²) in [6, 6.07) is 0.